The van der Waals surface area contributed by atoms with Crippen molar-refractivity contribution in [3.63, 3.8) is 0 Å². The zero-order valence-electron chi connectivity index (χ0n) is 15.3. The summed E-state index contributed by atoms with van der Waals surface area (Å²) in [6, 6.07) is 7.34. The van der Waals surface area contributed by atoms with Crippen LogP contribution in [0.3, 0.4) is 0 Å². The summed E-state index contributed by atoms with van der Waals surface area (Å²) in [6.07, 6.45) is 0.571. The van der Waals surface area contributed by atoms with Crippen molar-refractivity contribution < 1.29 is 9.53 Å². The minimum atomic E-state index is -0.188. The Kier molecular flexibility index (Phi) is 6.47. The van der Waals surface area contributed by atoms with E-state index >= 15 is 0 Å². The summed E-state index contributed by atoms with van der Waals surface area (Å²) in [5.41, 5.74) is 1.95. The topological polar surface area (TPSA) is 87.3 Å². The summed E-state index contributed by atoms with van der Waals surface area (Å²) < 4.78 is 5.32. The van der Waals surface area contributed by atoms with E-state index in [4.69, 9.17) is 16.3 Å². The number of ether oxygens (including phenoxy) is 1. The Hall–Kier alpha value is -2.38. The van der Waals surface area contributed by atoms with E-state index in [-0.39, 0.29) is 17.9 Å². The third-order valence-corrected chi connectivity index (χ3v) is 4.74. The van der Waals surface area contributed by atoms with Gasteiger partial charge in [-0.05, 0) is 31.0 Å². The molecule has 1 aromatic carbocycles. The van der Waals surface area contributed by atoms with Crippen LogP contribution in [0, 0.1) is 6.92 Å². The number of halogens is 1. The number of carbonyl (C=O) groups is 1. The van der Waals surface area contributed by atoms with E-state index in [0.29, 0.717) is 61.5 Å². The molecule has 1 aromatic heterocycles. The van der Waals surface area contributed by atoms with Gasteiger partial charge in [-0.1, -0.05) is 23.7 Å². The lowest BCUT2D eigenvalue weighted by atomic mass is 10.1. The van der Waals surface area contributed by atoms with Gasteiger partial charge in [-0.25, -0.2) is 4.98 Å². The number of morpholine rings is 1. The van der Waals surface area contributed by atoms with Gasteiger partial charge < -0.3 is 15.0 Å². The van der Waals surface area contributed by atoms with Gasteiger partial charge in [0.25, 0.3) is 5.56 Å². The quantitative estimate of drug-likeness (QED) is 0.785. The van der Waals surface area contributed by atoms with Crippen molar-refractivity contribution in [3.8, 4) is 0 Å². The van der Waals surface area contributed by atoms with Gasteiger partial charge in [-0.3, -0.25) is 14.6 Å². The number of nitrogens with zero attached hydrogens (tertiary/aromatic N) is 2. The molecule has 0 unspecified atom stereocenters. The van der Waals surface area contributed by atoms with Gasteiger partial charge in [-0.15, -0.1) is 0 Å². The minimum Gasteiger partial charge on any atom is -0.378 e. The molecule has 2 N–H and O–H groups in total. The molecule has 3 rings (SSSR count). The third kappa shape index (κ3) is 5.30. The lowest BCUT2D eigenvalue weighted by Gasteiger charge is -2.27. The Bertz CT molecular complexity index is 862. The molecular weight excluding hydrogens is 368 g/mol. The summed E-state index contributed by atoms with van der Waals surface area (Å²) in [5, 5.41) is 3.48. The highest BCUT2D eigenvalue weighted by molar-refractivity contribution is 6.30. The number of carbonyl (C=O) groups excluding carboxylic acids is 1. The van der Waals surface area contributed by atoms with Crippen LogP contribution < -0.4 is 15.8 Å². The van der Waals surface area contributed by atoms with Gasteiger partial charge in [0.1, 0.15) is 0 Å². The smallest absolute Gasteiger partial charge is 0.255 e. The summed E-state index contributed by atoms with van der Waals surface area (Å²) >= 11 is 5.94. The summed E-state index contributed by atoms with van der Waals surface area (Å²) in [7, 11) is 0. The first-order valence-corrected chi connectivity index (χ1v) is 9.34. The fraction of sp³-hybridized carbons (Fsp3) is 0.421. The average molecular weight is 391 g/mol. The monoisotopic (exact) mass is 390 g/mol. The zero-order chi connectivity index (χ0) is 19.2. The number of aromatic nitrogens is 2. The highest BCUT2D eigenvalue weighted by atomic mass is 35.5. The second kappa shape index (κ2) is 9.01. The molecule has 0 atom stereocenters. The molecule has 2 aromatic rings. The Morgan fingerprint density at radius 2 is 2.15 bits per heavy atom. The number of H-pyrrole nitrogens is 1. The van der Waals surface area contributed by atoms with E-state index in [2.05, 4.69) is 15.3 Å². The molecule has 7 nitrogen and oxygen atoms in total. The molecular formula is C19H23ClN4O3. The van der Waals surface area contributed by atoms with Crippen LogP contribution in [0.15, 0.2) is 29.1 Å². The van der Waals surface area contributed by atoms with Crippen molar-refractivity contribution in [1.82, 2.24) is 15.3 Å². The number of benzene rings is 1. The lowest BCUT2D eigenvalue weighted by molar-refractivity contribution is -0.121. The van der Waals surface area contributed by atoms with Crippen molar-refractivity contribution in [3.05, 3.63) is 56.5 Å². The molecule has 2 heterocycles. The van der Waals surface area contributed by atoms with Crippen molar-refractivity contribution in [2.45, 2.75) is 26.3 Å². The van der Waals surface area contributed by atoms with Gasteiger partial charge in [0.15, 0.2) is 0 Å². The summed E-state index contributed by atoms with van der Waals surface area (Å²) in [4.78, 5) is 33.9. The first kappa shape index (κ1) is 19.4. The normalized spacial score (nSPS) is 14.2. The predicted octanol–water partition coefficient (Wildman–Crippen LogP) is 1.82. The molecule has 1 aliphatic heterocycles. The Labute approximate surface area is 162 Å². The van der Waals surface area contributed by atoms with Crippen LogP contribution in [0.1, 0.15) is 23.2 Å². The number of anilines is 1. The predicted molar refractivity (Wildman–Crippen MR) is 104 cm³/mol. The van der Waals surface area contributed by atoms with E-state index in [1.165, 1.54) is 0 Å². The highest BCUT2D eigenvalue weighted by Crippen LogP contribution is 2.12. The molecule has 0 saturated carbocycles. The molecule has 27 heavy (non-hydrogen) atoms. The Morgan fingerprint density at radius 1 is 1.37 bits per heavy atom. The molecule has 8 heteroatoms. The molecule has 1 fully saturated rings. The highest BCUT2D eigenvalue weighted by Gasteiger charge is 2.16. The van der Waals surface area contributed by atoms with E-state index in [1.807, 2.05) is 23.1 Å². The van der Waals surface area contributed by atoms with Gasteiger partial charge in [0.2, 0.25) is 11.9 Å². The maximum Gasteiger partial charge on any atom is 0.255 e. The van der Waals surface area contributed by atoms with E-state index in [1.54, 1.807) is 13.0 Å². The SMILES string of the molecule is Cc1nc(N2CCOCC2)[nH]c(=O)c1CCC(=O)NCc1cccc(Cl)c1. The van der Waals surface area contributed by atoms with Crippen LogP contribution in [-0.4, -0.2) is 42.2 Å². The number of aryl methyl sites for hydroxylation is 1. The standard InChI is InChI=1S/C19H23ClN4O3/c1-13-16(18(26)23-19(22-13)24-7-9-27-10-8-24)5-6-17(25)21-12-14-3-2-4-15(20)11-14/h2-4,11H,5-10,12H2,1H3,(H,21,25)(H,22,23,26). The van der Waals surface area contributed by atoms with E-state index < -0.39 is 0 Å². The van der Waals surface area contributed by atoms with Crippen LogP contribution >= 0.6 is 11.6 Å². The number of hydrogen-bond acceptors (Lipinski definition) is 5. The van der Waals surface area contributed by atoms with Crippen LogP contribution in [0.4, 0.5) is 5.95 Å². The van der Waals surface area contributed by atoms with Crippen LogP contribution in [0.25, 0.3) is 0 Å². The fourth-order valence-corrected chi connectivity index (χ4v) is 3.20. The zero-order valence-corrected chi connectivity index (χ0v) is 16.0. The van der Waals surface area contributed by atoms with E-state index in [9.17, 15) is 9.59 Å². The van der Waals surface area contributed by atoms with Gasteiger partial charge >= 0.3 is 0 Å². The Balaban J connectivity index is 1.57. The molecule has 144 valence electrons. The number of aromatic amines is 1. The molecule has 1 amide bonds. The first-order valence-electron chi connectivity index (χ1n) is 8.96. The Morgan fingerprint density at radius 3 is 2.85 bits per heavy atom. The van der Waals surface area contributed by atoms with Crippen molar-refractivity contribution in [2.24, 2.45) is 0 Å². The average Bonchev–Trinajstić information content (AvgIpc) is 2.66. The van der Waals surface area contributed by atoms with Crippen LogP contribution in [-0.2, 0) is 22.5 Å². The summed E-state index contributed by atoms with van der Waals surface area (Å²) in [6.45, 7) is 4.86. The van der Waals surface area contributed by atoms with Gasteiger partial charge in [-0.2, -0.15) is 0 Å². The molecule has 0 spiro atoms. The second-order valence-corrected chi connectivity index (χ2v) is 6.90. The van der Waals surface area contributed by atoms with Gasteiger partial charge in [0.05, 0.1) is 13.2 Å². The maximum absolute atomic E-state index is 12.4. The molecule has 0 bridgehead atoms. The molecule has 0 radical (unpaired) electrons. The van der Waals surface area contributed by atoms with Gasteiger partial charge in [0, 0.05) is 42.3 Å². The number of hydrogen-bond donors (Lipinski definition) is 2. The maximum atomic E-state index is 12.4. The number of rotatable bonds is 6. The summed E-state index contributed by atoms with van der Waals surface area (Å²) in [5.74, 6) is 0.445. The number of amides is 1. The molecule has 1 saturated heterocycles. The van der Waals surface area contributed by atoms with Crippen molar-refractivity contribution in [2.75, 3.05) is 31.2 Å². The van der Waals surface area contributed by atoms with Crippen molar-refractivity contribution in [1.29, 1.82) is 0 Å². The molecule has 1 aliphatic rings. The minimum absolute atomic E-state index is 0.119. The largest absolute Gasteiger partial charge is 0.378 e. The van der Waals surface area contributed by atoms with E-state index in [0.717, 1.165) is 5.56 Å². The second-order valence-electron chi connectivity index (χ2n) is 6.46. The lowest BCUT2D eigenvalue weighted by Crippen LogP contribution is -2.38. The van der Waals surface area contributed by atoms with Crippen LogP contribution in [0.5, 0.6) is 0 Å². The number of nitrogens with one attached hydrogen (secondary N) is 2. The third-order valence-electron chi connectivity index (χ3n) is 4.50. The fourth-order valence-electron chi connectivity index (χ4n) is 2.99. The van der Waals surface area contributed by atoms with Crippen molar-refractivity contribution >= 4 is 23.5 Å². The van der Waals surface area contributed by atoms with Crippen LogP contribution in [0.2, 0.25) is 5.02 Å². The first-order chi connectivity index (χ1) is 13.0. The molecule has 0 aliphatic carbocycles.